The highest BCUT2D eigenvalue weighted by Crippen LogP contribution is 2.26. The summed E-state index contributed by atoms with van der Waals surface area (Å²) in [6.45, 7) is 8.30. The Balaban J connectivity index is 1.77. The van der Waals surface area contributed by atoms with Gasteiger partial charge in [-0.1, -0.05) is 55.0 Å². The molecule has 0 spiro atoms. The Morgan fingerprint density at radius 2 is 1.87 bits per heavy atom. The number of hydrogen-bond donors (Lipinski definition) is 0. The second-order valence-electron chi connectivity index (χ2n) is 7.76. The van der Waals surface area contributed by atoms with Crippen LogP contribution in [0.5, 0.6) is 0 Å². The average Bonchev–Trinajstić information content (AvgIpc) is 3.16. The van der Waals surface area contributed by atoms with E-state index in [0.29, 0.717) is 39.4 Å². The summed E-state index contributed by atoms with van der Waals surface area (Å²) in [5, 5.41) is 5.26. The van der Waals surface area contributed by atoms with Crippen molar-refractivity contribution in [1.29, 1.82) is 0 Å². The summed E-state index contributed by atoms with van der Waals surface area (Å²) in [5.74, 6) is 2.14. The number of aromatic nitrogens is 4. The van der Waals surface area contributed by atoms with Crippen LogP contribution >= 0.6 is 11.8 Å². The van der Waals surface area contributed by atoms with Crippen molar-refractivity contribution < 1.29 is 4.52 Å². The van der Waals surface area contributed by atoms with Crippen molar-refractivity contribution in [3.05, 3.63) is 75.7 Å². The van der Waals surface area contributed by atoms with E-state index in [-0.39, 0.29) is 5.56 Å². The van der Waals surface area contributed by atoms with Crippen LogP contribution in [-0.4, -0.2) is 19.7 Å². The summed E-state index contributed by atoms with van der Waals surface area (Å²) in [5.41, 5.74) is 3.61. The van der Waals surface area contributed by atoms with Gasteiger partial charge in [-0.2, -0.15) is 4.98 Å². The minimum Gasteiger partial charge on any atom is -0.338 e. The quantitative estimate of drug-likeness (QED) is 0.327. The molecule has 0 bridgehead atoms. The van der Waals surface area contributed by atoms with Crippen molar-refractivity contribution in [1.82, 2.24) is 19.7 Å². The highest BCUT2D eigenvalue weighted by atomic mass is 32.2. The molecule has 0 amide bonds. The van der Waals surface area contributed by atoms with Gasteiger partial charge in [0.1, 0.15) is 0 Å². The molecule has 0 atom stereocenters. The van der Waals surface area contributed by atoms with E-state index in [1.165, 1.54) is 11.8 Å². The molecule has 2 heterocycles. The standard InChI is InChI=1S/C23H24N4O2S/c1-14(2)12-20-25-21(29-26-20)13-30-23-24-18-10-6-5-9-17(18)22(28)27(23)19-11-7-8-15(3)16(19)4/h5-11,14H,12-13H2,1-4H3. The molecule has 0 unspecified atom stereocenters. The van der Waals surface area contributed by atoms with Crippen LogP contribution in [0.2, 0.25) is 0 Å². The maximum absolute atomic E-state index is 13.4. The van der Waals surface area contributed by atoms with E-state index < -0.39 is 0 Å². The smallest absolute Gasteiger partial charge is 0.266 e. The lowest BCUT2D eigenvalue weighted by Gasteiger charge is -2.15. The van der Waals surface area contributed by atoms with Crippen LogP contribution in [-0.2, 0) is 12.2 Å². The van der Waals surface area contributed by atoms with E-state index >= 15 is 0 Å². The Bertz CT molecular complexity index is 1260. The first-order chi connectivity index (χ1) is 14.4. The molecule has 2 aromatic heterocycles. The first-order valence-corrected chi connectivity index (χ1v) is 10.9. The highest BCUT2D eigenvalue weighted by molar-refractivity contribution is 7.98. The zero-order valence-electron chi connectivity index (χ0n) is 17.5. The van der Waals surface area contributed by atoms with Gasteiger partial charge in [0, 0.05) is 6.42 Å². The van der Waals surface area contributed by atoms with E-state index in [1.54, 1.807) is 4.57 Å². The molecule has 154 valence electrons. The second-order valence-corrected chi connectivity index (χ2v) is 8.70. The normalized spacial score (nSPS) is 11.5. The van der Waals surface area contributed by atoms with Crippen molar-refractivity contribution in [3.63, 3.8) is 0 Å². The predicted molar refractivity (Wildman–Crippen MR) is 119 cm³/mol. The molecule has 0 N–H and O–H groups in total. The summed E-state index contributed by atoms with van der Waals surface area (Å²) < 4.78 is 7.09. The van der Waals surface area contributed by atoms with E-state index in [1.807, 2.05) is 56.3 Å². The lowest BCUT2D eigenvalue weighted by molar-refractivity contribution is 0.382. The van der Waals surface area contributed by atoms with Gasteiger partial charge in [-0.3, -0.25) is 9.36 Å². The number of fused-ring (bicyclic) bond motifs is 1. The number of nitrogens with zero attached hydrogens (tertiary/aromatic N) is 4. The number of rotatable bonds is 6. The predicted octanol–water partition coefficient (Wildman–Crippen LogP) is 4.88. The number of hydrogen-bond acceptors (Lipinski definition) is 6. The van der Waals surface area contributed by atoms with E-state index in [9.17, 15) is 4.79 Å². The van der Waals surface area contributed by atoms with Crippen LogP contribution < -0.4 is 5.56 Å². The fraction of sp³-hybridized carbons (Fsp3) is 0.304. The van der Waals surface area contributed by atoms with Crippen LogP contribution in [0, 0.1) is 19.8 Å². The third-order valence-corrected chi connectivity index (χ3v) is 5.91. The fourth-order valence-corrected chi connectivity index (χ4v) is 4.17. The van der Waals surface area contributed by atoms with Gasteiger partial charge in [-0.15, -0.1) is 0 Å². The number of thioether (sulfide) groups is 1. The molecule has 7 heteroatoms. The van der Waals surface area contributed by atoms with Crippen molar-refractivity contribution >= 4 is 22.7 Å². The summed E-state index contributed by atoms with van der Waals surface area (Å²) >= 11 is 1.43. The zero-order valence-corrected chi connectivity index (χ0v) is 18.4. The average molecular weight is 421 g/mol. The Morgan fingerprint density at radius 1 is 1.07 bits per heavy atom. The molecule has 0 aliphatic rings. The van der Waals surface area contributed by atoms with E-state index in [4.69, 9.17) is 9.51 Å². The van der Waals surface area contributed by atoms with Gasteiger partial charge in [0.2, 0.25) is 5.89 Å². The molecule has 0 fully saturated rings. The molecule has 6 nitrogen and oxygen atoms in total. The topological polar surface area (TPSA) is 73.8 Å². The van der Waals surface area contributed by atoms with Gasteiger partial charge < -0.3 is 4.52 Å². The fourth-order valence-electron chi connectivity index (χ4n) is 3.32. The lowest BCUT2D eigenvalue weighted by Crippen LogP contribution is -2.22. The highest BCUT2D eigenvalue weighted by Gasteiger charge is 2.17. The molecule has 0 saturated carbocycles. The third-order valence-electron chi connectivity index (χ3n) is 4.99. The summed E-state index contributed by atoms with van der Waals surface area (Å²) in [6.07, 6.45) is 0.773. The molecule has 30 heavy (non-hydrogen) atoms. The summed E-state index contributed by atoms with van der Waals surface area (Å²) in [7, 11) is 0. The van der Waals surface area contributed by atoms with Crippen molar-refractivity contribution in [2.24, 2.45) is 5.92 Å². The van der Waals surface area contributed by atoms with Gasteiger partial charge in [0.05, 0.1) is 22.3 Å². The SMILES string of the molecule is Cc1cccc(-n2c(SCc3nc(CC(C)C)no3)nc3ccccc3c2=O)c1C. The number of aryl methyl sites for hydroxylation is 1. The van der Waals surface area contributed by atoms with E-state index in [0.717, 1.165) is 23.2 Å². The minimum atomic E-state index is -0.0807. The number of para-hydroxylation sites is 1. The van der Waals surface area contributed by atoms with Crippen LogP contribution in [0.25, 0.3) is 16.6 Å². The molecule has 2 aromatic carbocycles. The van der Waals surface area contributed by atoms with Crippen LogP contribution in [0.1, 0.15) is 36.7 Å². The lowest BCUT2D eigenvalue weighted by atomic mass is 10.1. The number of benzene rings is 2. The van der Waals surface area contributed by atoms with Crippen LogP contribution in [0.4, 0.5) is 0 Å². The molecule has 4 rings (SSSR count). The minimum absolute atomic E-state index is 0.0807. The van der Waals surface area contributed by atoms with Crippen LogP contribution in [0.3, 0.4) is 0 Å². The molecule has 0 aliphatic carbocycles. The Morgan fingerprint density at radius 3 is 2.67 bits per heavy atom. The van der Waals surface area contributed by atoms with Crippen molar-refractivity contribution in [2.45, 2.75) is 45.0 Å². The molecule has 0 aliphatic heterocycles. The van der Waals surface area contributed by atoms with Crippen molar-refractivity contribution in [3.8, 4) is 5.69 Å². The summed E-state index contributed by atoms with van der Waals surface area (Å²) in [4.78, 5) is 22.7. The first-order valence-electron chi connectivity index (χ1n) is 9.96. The Hall–Kier alpha value is -2.93. The largest absolute Gasteiger partial charge is 0.338 e. The molecule has 0 radical (unpaired) electrons. The van der Waals surface area contributed by atoms with Gasteiger partial charge >= 0.3 is 0 Å². The first kappa shape index (κ1) is 20.3. The maximum Gasteiger partial charge on any atom is 0.266 e. The third kappa shape index (κ3) is 4.03. The van der Waals surface area contributed by atoms with E-state index in [2.05, 4.69) is 24.0 Å². The molecular weight excluding hydrogens is 396 g/mol. The van der Waals surface area contributed by atoms with Gasteiger partial charge in [0.25, 0.3) is 5.56 Å². The second kappa shape index (κ2) is 8.44. The summed E-state index contributed by atoms with van der Waals surface area (Å²) in [6, 6.07) is 13.4. The monoisotopic (exact) mass is 420 g/mol. The van der Waals surface area contributed by atoms with Gasteiger partial charge in [-0.05, 0) is 49.1 Å². The molecule has 4 aromatic rings. The van der Waals surface area contributed by atoms with Gasteiger partial charge in [-0.25, -0.2) is 4.98 Å². The molecular formula is C23H24N4O2S. The molecule has 0 saturated heterocycles. The van der Waals surface area contributed by atoms with Crippen LogP contribution in [0.15, 0.2) is 56.9 Å². The Kier molecular flexibility index (Phi) is 5.72. The van der Waals surface area contributed by atoms with Gasteiger partial charge in [0.15, 0.2) is 11.0 Å². The maximum atomic E-state index is 13.4. The Labute approximate surface area is 179 Å². The zero-order chi connectivity index (χ0) is 21.3. The van der Waals surface area contributed by atoms with Crippen molar-refractivity contribution in [2.75, 3.05) is 0 Å².